The quantitative estimate of drug-likeness (QED) is 0.214. The molecule has 3 aromatic carbocycles. The van der Waals surface area contributed by atoms with Crippen molar-refractivity contribution in [2.75, 3.05) is 5.32 Å². The van der Waals surface area contributed by atoms with Crippen molar-refractivity contribution < 1.29 is 41.1 Å². The molecule has 7 N–H and O–H groups in total. The average Bonchev–Trinajstić information content (AvgIpc) is 3.32. The topological polar surface area (TPSA) is 198 Å². The number of nitrogens with one attached hydrogen (secondary N) is 2. The molecule has 0 aliphatic carbocycles. The Morgan fingerprint density at radius 1 is 1.05 bits per heavy atom. The van der Waals surface area contributed by atoms with Gasteiger partial charge in [0, 0.05) is 28.8 Å². The number of carbonyl (C=O) groups excluding carboxylic acids is 1. The Labute approximate surface area is 232 Å². The van der Waals surface area contributed by atoms with E-state index < -0.39 is 27.8 Å². The Morgan fingerprint density at radius 2 is 1.66 bits per heavy atom. The van der Waals surface area contributed by atoms with Gasteiger partial charge < -0.3 is 21.0 Å². The van der Waals surface area contributed by atoms with Gasteiger partial charge in [-0.05, 0) is 36.8 Å². The fourth-order valence-corrected chi connectivity index (χ4v) is 4.39. The lowest BCUT2D eigenvalue weighted by Gasteiger charge is -2.20. The summed E-state index contributed by atoms with van der Waals surface area (Å²) in [4.78, 5) is 27.4. The molecule has 1 atom stereocenters. The van der Waals surface area contributed by atoms with E-state index in [9.17, 15) is 26.4 Å². The van der Waals surface area contributed by atoms with E-state index in [1.54, 1.807) is 67.6 Å². The molecule has 0 saturated heterocycles. The Hall–Kier alpha value is -4.76. The number of alkyl halides is 3. The minimum Gasteiger partial charge on any atom is -0.475 e. The van der Waals surface area contributed by atoms with Gasteiger partial charge in [-0.1, -0.05) is 53.7 Å². The summed E-state index contributed by atoms with van der Waals surface area (Å²) in [5, 5.41) is 26.9. The zero-order chi connectivity index (χ0) is 30.6. The number of oxime groups is 1. The van der Waals surface area contributed by atoms with Crippen molar-refractivity contribution in [1.29, 1.82) is 5.41 Å². The van der Waals surface area contributed by atoms with E-state index in [-0.39, 0.29) is 23.1 Å². The maximum absolute atomic E-state index is 13.0. The summed E-state index contributed by atoms with van der Waals surface area (Å²) < 4.78 is 55.5. The molecular weight excluding hydrogens is 567 g/mol. The van der Waals surface area contributed by atoms with E-state index in [2.05, 4.69) is 10.5 Å². The number of primary sulfonamides is 1. The van der Waals surface area contributed by atoms with Crippen LogP contribution >= 0.6 is 0 Å². The number of aliphatic carboxylic acids is 1. The van der Waals surface area contributed by atoms with Crippen molar-refractivity contribution >= 4 is 39.1 Å². The van der Waals surface area contributed by atoms with Gasteiger partial charge in [-0.15, -0.1) is 0 Å². The largest absolute Gasteiger partial charge is 0.490 e. The molecule has 0 spiro atoms. The van der Waals surface area contributed by atoms with Crippen LogP contribution in [0.4, 0.5) is 18.9 Å². The van der Waals surface area contributed by atoms with Crippen LogP contribution in [0.3, 0.4) is 0 Å². The Bertz CT molecular complexity index is 1630. The van der Waals surface area contributed by atoms with Gasteiger partial charge in [-0.25, -0.2) is 18.4 Å². The highest BCUT2D eigenvalue weighted by Gasteiger charge is 2.42. The fraction of sp³-hybridized carbons (Fsp3) is 0.154. The molecule has 1 heterocycles. The molecule has 216 valence electrons. The maximum Gasteiger partial charge on any atom is 0.490 e. The van der Waals surface area contributed by atoms with Gasteiger partial charge in [-0.3, -0.25) is 10.2 Å². The number of sulfonamides is 1. The standard InChI is InChI=1S/C24H23N5O4S.C2HF3O2/c1-24(14-20(29-33-24)16-5-4-6-17(13-16)22(25)26)23(30)28-18-11-9-15(10-12-18)19-7-2-3-8-21(19)34(27,31)32;3-2(4,5)1(6)7/h2-13H,14H2,1H3,(H3,25,26)(H,28,30)(H2,27,31,32);(H,6,7). The Kier molecular flexibility index (Phi) is 8.84. The third-order valence-corrected chi connectivity index (χ3v) is 6.71. The van der Waals surface area contributed by atoms with E-state index >= 15 is 0 Å². The van der Waals surface area contributed by atoms with Crippen LogP contribution in [0.2, 0.25) is 0 Å². The summed E-state index contributed by atoms with van der Waals surface area (Å²) in [5.74, 6) is -3.20. The van der Waals surface area contributed by atoms with Gasteiger partial charge in [0.1, 0.15) is 5.84 Å². The molecule has 4 rings (SSSR count). The maximum atomic E-state index is 13.0. The summed E-state index contributed by atoms with van der Waals surface area (Å²) in [6.07, 6.45) is -4.85. The van der Waals surface area contributed by atoms with E-state index in [1.165, 1.54) is 6.07 Å². The first kappa shape index (κ1) is 30.8. The van der Waals surface area contributed by atoms with E-state index in [1.807, 2.05) is 6.07 Å². The molecule has 0 saturated carbocycles. The summed E-state index contributed by atoms with van der Waals surface area (Å²) in [6, 6.07) is 20.2. The van der Waals surface area contributed by atoms with Crippen LogP contribution < -0.4 is 16.2 Å². The molecule has 1 aliphatic rings. The Morgan fingerprint density at radius 3 is 2.22 bits per heavy atom. The third kappa shape index (κ3) is 7.67. The number of anilines is 1. The number of nitrogen functional groups attached to an aromatic ring is 1. The van der Waals surface area contributed by atoms with Crippen molar-refractivity contribution in [1.82, 2.24) is 0 Å². The van der Waals surface area contributed by atoms with Crippen molar-refractivity contribution in [3.8, 4) is 11.1 Å². The van der Waals surface area contributed by atoms with Crippen molar-refractivity contribution in [3.05, 3.63) is 83.9 Å². The SMILES string of the molecule is CC1(C(=O)Nc2ccc(-c3ccccc3S(N)(=O)=O)cc2)CC(c2cccc(C(=N)N)c2)=NO1.O=C(O)C(F)(F)F. The van der Waals surface area contributed by atoms with Crippen molar-refractivity contribution in [2.45, 2.75) is 30.0 Å². The molecule has 1 aliphatic heterocycles. The monoisotopic (exact) mass is 591 g/mol. The summed E-state index contributed by atoms with van der Waals surface area (Å²) in [6.45, 7) is 1.64. The predicted octanol–water partition coefficient (Wildman–Crippen LogP) is 3.44. The number of benzene rings is 3. The van der Waals surface area contributed by atoms with E-state index in [0.717, 1.165) is 5.56 Å². The first-order chi connectivity index (χ1) is 19.0. The van der Waals surface area contributed by atoms with Crippen LogP contribution in [0.1, 0.15) is 24.5 Å². The number of nitrogens with zero attached hydrogens (tertiary/aromatic N) is 1. The lowest BCUT2D eigenvalue weighted by molar-refractivity contribution is -0.192. The van der Waals surface area contributed by atoms with Crippen molar-refractivity contribution in [3.63, 3.8) is 0 Å². The highest BCUT2D eigenvalue weighted by molar-refractivity contribution is 7.89. The minimum atomic E-state index is -5.08. The van der Waals surface area contributed by atoms with Crippen LogP contribution in [0.15, 0.2) is 82.8 Å². The lowest BCUT2D eigenvalue weighted by atomic mass is 9.94. The summed E-state index contributed by atoms with van der Waals surface area (Å²) in [5.41, 5.74) is 7.82. The zero-order valence-electron chi connectivity index (χ0n) is 21.3. The number of amidine groups is 1. The van der Waals surface area contributed by atoms with Crippen molar-refractivity contribution in [2.24, 2.45) is 16.0 Å². The van der Waals surface area contributed by atoms with Gasteiger partial charge in [0.05, 0.1) is 10.6 Å². The highest BCUT2D eigenvalue weighted by Crippen LogP contribution is 2.30. The summed E-state index contributed by atoms with van der Waals surface area (Å²) >= 11 is 0. The number of hydrogen-bond acceptors (Lipinski definition) is 7. The van der Waals surface area contributed by atoms with Crippen LogP contribution in [0.25, 0.3) is 11.1 Å². The second-order valence-electron chi connectivity index (χ2n) is 8.91. The number of nitrogens with two attached hydrogens (primary N) is 2. The van der Waals surface area contributed by atoms with Gasteiger partial charge in [0.15, 0.2) is 0 Å². The van der Waals surface area contributed by atoms with Crippen LogP contribution in [-0.4, -0.2) is 48.7 Å². The lowest BCUT2D eigenvalue weighted by Crippen LogP contribution is -2.40. The predicted molar refractivity (Wildman–Crippen MR) is 144 cm³/mol. The molecule has 11 nitrogen and oxygen atoms in total. The number of carboxylic acids is 1. The molecule has 0 bridgehead atoms. The first-order valence-corrected chi connectivity index (χ1v) is 13.1. The molecular formula is C26H24F3N5O6S. The van der Waals surface area contributed by atoms with Crippen LogP contribution in [0.5, 0.6) is 0 Å². The molecule has 1 amide bonds. The number of rotatable bonds is 6. The zero-order valence-corrected chi connectivity index (χ0v) is 22.1. The molecule has 0 aromatic heterocycles. The molecule has 0 radical (unpaired) electrons. The normalized spacial score (nSPS) is 16.5. The number of halogens is 3. The molecule has 3 aromatic rings. The van der Waals surface area contributed by atoms with Gasteiger partial charge in [-0.2, -0.15) is 13.2 Å². The Balaban J connectivity index is 0.000000587. The number of hydrogen-bond donors (Lipinski definition) is 5. The molecule has 1 unspecified atom stereocenters. The number of carboxylic acid groups (broad SMARTS) is 1. The smallest absolute Gasteiger partial charge is 0.475 e. The molecule has 0 fully saturated rings. The third-order valence-electron chi connectivity index (χ3n) is 5.74. The van der Waals surface area contributed by atoms with Gasteiger partial charge in [0.25, 0.3) is 5.91 Å². The van der Waals surface area contributed by atoms with E-state index in [4.69, 9.17) is 31.0 Å². The van der Waals surface area contributed by atoms with Crippen LogP contribution in [0, 0.1) is 5.41 Å². The second-order valence-corrected chi connectivity index (χ2v) is 10.4. The number of amides is 1. The first-order valence-electron chi connectivity index (χ1n) is 11.5. The molecule has 41 heavy (non-hydrogen) atoms. The number of carbonyl (C=O) groups is 2. The second kappa shape index (κ2) is 11.8. The summed E-state index contributed by atoms with van der Waals surface area (Å²) in [7, 11) is -3.88. The molecule has 15 heteroatoms. The van der Waals surface area contributed by atoms with Gasteiger partial charge in [0.2, 0.25) is 15.6 Å². The van der Waals surface area contributed by atoms with Gasteiger partial charge >= 0.3 is 12.1 Å². The average molecular weight is 592 g/mol. The van der Waals surface area contributed by atoms with Crippen LogP contribution in [-0.2, 0) is 24.4 Å². The highest BCUT2D eigenvalue weighted by atomic mass is 32.2. The van der Waals surface area contributed by atoms with E-state index in [0.29, 0.717) is 28.1 Å². The fourth-order valence-electron chi connectivity index (χ4n) is 3.63. The minimum absolute atomic E-state index is 0.0252.